The Balaban J connectivity index is 2.02. The molecule has 1 saturated carbocycles. The first kappa shape index (κ1) is 8.01. The maximum absolute atomic E-state index is 3.68. The fraction of sp³-hybridized carbons (Fsp3) is 0.636. The van der Waals surface area contributed by atoms with E-state index < -0.39 is 0 Å². The maximum atomic E-state index is 3.68. The summed E-state index contributed by atoms with van der Waals surface area (Å²) in [4.78, 5) is 1.69. The third-order valence-electron chi connectivity index (χ3n) is 3.43. The van der Waals surface area contributed by atoms with Crippen LogP contribution in [0, 0.1) is 0 Å². The fourth-order valence-electron chi connectivity index (χ4n) is 2.79. The summed E-state index contributed by atoms with van der Waals surface area (Å²) in [5, 5.41) is 5.95. The van der Waals surface area contributed by atoms with Crippen molar-refractivity contribution in [1.82, 2.24) is 5.32 Å². The molecule has 1 aromatic rings. The first-order valence-electron chi connectivity index (χ1n) is 5.25. The summed E-state index contributed by atoms with van der Waals surface area (Å²) in [6, 6.07) is 3.11. The van der Waals surface area contributed by atoms with Gasteiger partial charge in [0.25, 0.3) is 0 Å². The standard InChI is InChI=1S/C11H15NS/c1-2-9-10(3-1)12-6-4-8-5-7-13-11(8)9/h5,7,9-10,12H,1-4,6H2. The monoisotopic (exact) mass is 193 g/mol. The first-order chi connectivity index (χ1) is 6.45. The molecule has 2 atom stereocenters. The zero-order valence-corrected chi connectivity index (χ0v) is 8.57. The van der Waals surface area contributed by atoms with Crippen molar-refractivity contribution < 1.29 is 0 Å². The van der Waals surface area contributed by atoms with Gasteiger partial charge in [0, 0.05) is 16.8 Å². The molecule has 2 heteroatoms. The molecule has 0 radical (unpaired) electrons. The second-order valence-corrected chi connectivity index (χ2v) is 5.11. The van der Waals surface area contributed by atoms with Gasteiger partial charge in [0.05, 0.1) is 0 Å². The minimum atomic E-state index is 0.792. The van der Waals surface area contributed by atoms with Crippen LogP contribution in [-0.4, -0.2) is 12.6 Å². The molecule has 1 fully saturated rings. The van der Waals surface area contributed by atoms with Crippen molar-refractivity contribution in [3.05, 3.63) is 21.9 Å². The van der Waals surface area contributed by atoms with Crippen LogP contribution >= 0.6 is 11.3 Å². The van der Waals surface area contributed by atoms with Crippen LogP contribution in [0.5, 0.6) is 0 Å². The lowest BCUT2D eigenvalue weighted by Crippen LogP contribution is -2.30. The molecule has 0 bridgehead atoms. The smallest absolute Gasteiger partial charge is 0.0144 e. The van der Waals surface area contributed by atoms with Gasteiger partial charge in [-0.3, -0.25) is 0 Å². The Labute approximate surface area is 83.2 Å². The molecule has 2 aliphatic rings. The van der Waals surface area contributed by atoms with Crippen molar-refractivity contribution in [2.75, 3.05) is 6.54 Å². The Morgan fingerprint density at radius 2 is 2.38 bits per heavy atom. The predicted molar refractivity (Wildman–Crippen MR) is 56.4 cm³/mol. The van der Waals surface area contributed by atoms with E-state index in [-0.39, 0.29) is 0 Å². The van der Waals surface area contributed by atoms with E-state index in [0.29, 0.717) is 0 Å². The molecular weight excluding hydrogens is 178 g/mol. The third kappa shape index (κ3) is 1.24. The quantitative estimate of drug-likeness (QED) is 0.667. The van der Waals surface area contributed by atoms with Crippen LogP contribution in [0.4, 0.5) is 0 Å². The number of rotatable bonds is 0. The molecule has 2 unspecified atom stereocenters. The minimum Gasteiger partial charge on any atom is -0.313 e. The van der Waals surface area contributed by atoms with Gasteiger partial charge >= 0.3 is 0 Å². The highest BCUT2D eigenvalue weighted by Crippen LogP contribution is 2.40. The molecule has 0 spiro atoms. The lowest BCUT2D eigenvalue weighted by molar-refractivity contribution is 0.502. The largest absolute Gasteiger partial charge is 0.313 e. The van der Waals surface area contributed by atoms with Gasteiger partial charge in [-0.25, -0.2) is 0 Å². The van der Waals surface area contributed by atoms with Gasteiger partial charge in [-0.2, -0.15) is 0 Å². The topological polar surface area (TPSA) is 12.0 Å². The molecule has 1 aromatic heterocycles. The van der Waals surface area contributed by atoms with Gasteiger partial charge in [-0.15, -0.1) is 11.3 Å². The highest BCUT2D eigenvalue weighted by Gasteiger charge is 2.32. The number of hydrogen-bond acceptors (Lipinski definition) is 2. The van der Waals surface area contributed by atoms with Gasteiger partial charge in [0.1, 0.15) is 0 Å². The molecule has 0 saturated heterocycles. The lowest BCUT2D eigenvalue weighted by atomic mass is 10.00. The Morgan fingerprint density at radius 1 is 1.38 bits per heavy atom. The van der Waals surface area contributed by atoms with Crippen molar-refractivity contribution in [3.63, 3.8) is 0 Å². The zero-order chi connectivity index (χ0) is 8.67. The third-order valence-corrected chi connectivity index (χ3v) is 4.53. The highest BCUT2D eigenvalue weighted by molar-refractivity contribution is 7.10. The Morgan fingerprint density at radius 3 is 3.38 bits per heavy atom. The average Bonchev–Trinajstić information content (AvgIpc) is 2.72. The van der Waals surface area contributed by atoms with Crippen LogP contribution in [0.15, 0.2) is 11.4 Å². The van der Waals surface area contributed by atoms with Crippen LogP contribution < -0.4 is 5.32 Å². The molecule has 0 amide bonds. The van der Waals surface area contributed by atoms with E-state index in [9.17, 15) is 0 Å². The summed E-state index contributed by atoms with van der Waals surface area (Å²) in [5.74, 6) is 0.845. The Kier molecular flexibility index (Phi) is 1.91. The number of nitrogens with one attached hydrogen (secondary N) is 1. The first-order valence-corrected chi connectivity index (χ1v) is 6.13. The van der Waals surface area contributed by atoms with E-state index in [4.69, 9.17) is 0 Å². The fourth-order valence-corrected chi connectivity index (χ4v) is 3.95. The molecule has 1 aliphatic heterocycles. The molecule has 1 nitrogen and oxygen atoms in total. The Bertz CT molecular complexity index is 305. The van der Waals surface area contributed by atoms with Gasteiger partial charge in [-0.05, 0) is 42.8 Å². The summed E-state index contributed by atoms with van der Waals surface area (Å²) in [7, 11) is 0. The summed E-state index contributed by atoms with van der Waals surface area (Å²) >= 11 is 1.98. The van der Waals surface area contributed by atoms with E-state index in [1.165, 1.54) is 32.2 Å². The number of fused-ring (bicyclic) bond motifs is 3. The summed E-state index contributed by atoms with van der Waals surface area (Å²) in [6.07, 6.45) is 5.46. The van der Waals surface area contributed by atoms with Gasteiger partial charge < -0.3 is 5.32 Å². The summed E-state index contributed by atoms with van der Waals surface area (Å²) in [6.45, 7) is 1.19. The molecule has 1 N–H and O–H groups in total. The van der Waals surface area contributed by atoms with Crippen molar-refractivity contribution in [2.24, 2.45) is 0 Å². The molecule has 0 aromatic carbocycles. The van der Waals surface area contributed by atoms with E-state index in [0.717, 1.165) is 12.0 Å². The minimum absolute atomic E-state index is 0.792. The molecule has 2 heterocycles. The number of hydrogen-bond donors (Lipinski definition) is 1. The molecule has 70 valence electrons. The van der Waals surface area contributed by atoms with Gasteiger partial charge in [-0.1, -0.05) is 6.42 Å². The molecule has 3 rings (SSSR count). The Hall–Kier alpha value is -0.340. The van der Waals surface area contributed by atoms with Gasteiger partial charge in [0.2, 0.25) is 0 Å². The van der Waals surface area contributed by atoms with E-state index in [2.05, 4.69) is 16.8 Å². The van der Waals surface area contributed by atoms with Crippen molar-refractivity contribution >= 4 is 11.3 Å². The van der Waals surface area contributed by atoms with Crippen molar-refractivity contribution in [2.45, 2.75) is 37.6 Å². The SMILES string of the molecule is c1cc2c(s1)C1CCCC1NCC2. The van der Waals surface area contributed by atoms with E-state index in [1.807, 2.05) is 11.3 Å². The average molecular weight is 193 g/mol. The second-order valence-electron chi connectivity index (χ2n) is 4.16. The van der Waals surface area contributed by atoms with Crippen molar-refractivity contribution in [3.8, 4) is 0 Å². The summed E-state index contributed by atoms with van der Waals surface area (Å²) in [5.41, 5.74) is 1.62. The number of thiophene rings is 1. The van der Waals surface area contributed by atoms with Crippen LogP contribution in [0.25, 0.3) is 0 Å². The lowest BCUT2D eigenvalue weighted by Gasteiger charge is -2.16. The highest BCUT2D eigenvalue weighted by atomic mass is 32.1. The van der Waals surface area contributed by atoms with Crippen LogP contribution in [0.1, 0.15) is 35.6 Å². The zero-order valence-electron chi connectivity index (χ0n) is 7.75. The molecule has 1 aliphatic carbocycles. The maximum Gasteiger partial charge on any atom is 0.0144 e. The van der Waals surface area contributed by atoms with E-state index in [1.54, 1.807) is 10.4 Å². The van der Waals surface area contributed by atoms with Crippen LogP contribution in [0.2, 0.25) is 0 Å². The van der Waals surface area contributed by atoms with Crippen molar-refractivity contribution in [1.29, 1.82) is 0 Å². The molecule has 13 heavy (non-hydrogen) atoms. The predicted octanol–water partition coefficient (Wildman–Crippen LogP) is 2.53. The van der Waals surface area contributed by atoms with Crippen LogP contribution in [-0.2, 0) is 6.42 Å². The second kappa shape index (κ2) is 3.10. The van der Waals surface area contributed by atoms with Gasteiger partial charge in [0.15, 0.2) is 0 Å². The van der Waals surface area contributed by atoms with E-state index >= 15 is 0 Å². The molecular formula is C11H15NS. The normalized spacial score (nSPS) is 32.3. The van der Waals surface area contributed by atoms with Crippen LogP contribution in [0.3, 0.4) is 0 Å². The summed E-state index contributed by atoms with van der Waals surface area (Å²) < 4.78 is 0.